The van der Waals surface area contributed by atoms with Crippen molar-refractivity contribution < 1.29 is 14.3 Å². The zero-order valence-corrected chi connectivity index (χ0v) is 20.6. The quantitative estimate of drug-likeness (QED) is 0.551. The molecule has 32 heavy (non-hydrogen) atoms. The van der Waals surface area contributed by atoms with Gasteiger partial charge in [-0.15, -0.1) is 11.3 Å². The predicted octanol–water partition coefficient (Wildman–Crippen LogP) is 6.06. The van der Waals surface area contributed by atoms with Crippen molar-refractivity contribution in [2.24, 2.45) is 0 Å². The van der Waals surface area contributed by atoms with Crippen LogP contribution in [0.5, 0.6) is 0 Å². The average molecular weight is 455 g/mol. The van der Waals surface area contributed by atoms with Crippen molar-refractivity contribution in [3.05, 3.63) is 63.4 Å². The van der Waals surface area contributed by atoms with Crippen LogP contribution >= 0.6 is 11.3 Å². The van der Waals surface area contributed by atoms with E-state index in [9.17, 15) is 9.59 Å². The zero-order chi connectivity index (χ0) is 23.3. The Balaban J connectivity index is 1.84. The van der Waals surface area contributed by atoms with Crippen LogP contribution in [-0.4, -0.2) is 53.6 Å². The molecule has 5 nitrogen and oxygen atoms in total. The maximum absolute atomic E-state index is 12.7. The van der Waals surface area contributed by atoms with E-state index in [4.69, 9.17) is 4.74 Å². The molecule has 6 heteroatoms. The molecule has 1 aromatic heterocycles. The molecule has 1 fully saturated rings. The van der Waals surface area contributed by atoms with Crippen molar-refractivity contribution in [1.82, 2.24) is 9.80 Å². The normalized spacial score (nSPS) is 14.3. The molecular formula is C26H34N2O3S. The van der Waals surface area contributed by atoms with Gasteiger partial charge < -0.3 is 14.5 Å². The molecule has 2 amide bonds. The first-order valence-corrected chi connectivity index (χ1v) is 12.2. The Hall–Kier alpha value is -2.60. The van der Waals surface area contributed by atoms with Crippen LogP contribution in [0.1, 0.15) is 68.3 Å². The fourth-order valence-electron chi connectivity index (χ4n) is 3.95. The van der Waals surface area contributed by atoms with Crippen LogP contribution in [0.15, 0.2) is 47.4 Å². The van der Waals surface area contributed by atoms with E-state index < -0.39 is 5.60 Å². The molecule has 0 N–H and O–H groups in total. The van der Waals surface area contributed by atoms with Gasteiger partial charge in [0.1, 0.15) is 5.60 Å². The number of amides is 2. The highest BCUT2D eigenvalue weighted by Gasteiger charge is 2.26. The van der Waals surface area contributed by atoms with Gasteiger partial charge in [0.25, 0.3) is 5.91 Å². The Morgan fingerprint density at radius 1 is 1.00 bits per heavy atom. The molecule has 1 aromatic carbocycles. The molecule has 0 unspecified atom stereocenters. The largest absolute Gasteiger partial charge is 0.444 e. The molecule has 2 heterocycles. The maximum Gasteiger partial charge on any atom is 0.410 e. The van der Waals surface area contributed by atoms with E-state index in [1.54, 1.807) is 16.2 Å². The fraction of sp³-hybridized carbons (Fsp3) is 0.462. The molecule has 172 valence electrons. The molecule has 0 saturated carbocycles. The second kappa shape index (κ2) is 10.3. The van der Waals surface area contributed by atoms with Crippen molar-refractivity contribution in [2.75, 3.05) is 26.2 Å². The summed E-state index contributed by atoms with van der Waals surface area (Å²) in [4.78, 5) is 30.0. The second-order valence-corrected chi connectivity index (χ2v) is 9.93. The van der Waals surface area contributed by atoms with Gasteiger partial charge in [0.15, 0.2) is 0 Å². The van der Waals surface area contributed by atoms with Crippen molar-refractivity contribution >= 4 is 28.9 Å². The number of benzene rings is 1. The number of carbonyl (C=O) groups excluding carboxylic acids is 2. The Morgan fingerprint density at radius 3 is 2.09 bits per heavy atom. The summed E-state index contributed by atoms with van der Waals surface area (Å²) in [5, 5.41) is 2.09. The van der Waals surface area contributed by atoms with Crippen LogP contribution in [0, 0.1) is 0 Å². The number of carbonyl (C=O) groups is 2. The van der Waals surface area contributed by atoms with Gasteiger partial charge >= 0.3 is 6.09 Å². The lowest BCUT2D eigenvalue weighted by Crippen LogP contribution is -2.40. The standard InChI is InChI=1S/C26H34N2O3S/c1-6-27(7-2)24(29)21-12-10-19(11-13-21)23(22-9-8-18-32-22)20-14-16-28(17-15-20)25(30)31-26(3,4)5/h8-13,18H,6-7,14-17H2,1-5H3. The molecule has 0 spiro atoms. The predicted molar refractivity (Wildman–Crippen MR) is 131 cm³/mol. The molecule has 1 aliphatic rings. The van der Waals surface area contributed by atoms with E-state index in [1.807, 2.05) is 51.7 Å². The van der Waals surface area contributed by atoms with E-state index >= 15 is 0 Å². The SMILES string of the molecule is CCN(CC)C(=O)c1ccc(C(=C2CCN(C(=O)OC(C)(C)C)CC2)c2cccs2)cc1. The number of ether oxygens (including phenoxy) is 1. The zero-order valence-electron chi connectivity index (χ0n) is 19.8. The first-order chi connectivity index (χ1) is 15.2. The van der Waals surface area contributed by atoms with Gasteiger partial charge in [0.2, 0.25) is 0 Å². The minimum atomic E-state index is -0.486. The van der Waals surface area contributed by atoms with Gasteiger partial charge in [0.05, 0.1) is 0 Å². The number of hydrogen-bond acceptors (Lipinski definition) is 4. The molecule has 0 aliphatic carbocycles. The number of hydrogen-bond donors (Lipinski definition) is 0. The third-order valence-corrected chi connectivity index (χ3v) is 6.50. The fourth-order valence-corrected chi connectivity index (χ4v) is 4.79. The first kappa shape index (κ1) is 24.1. The topological polar surface area (TPSA) is 49.9 Å². The molecule has 0 radical (unpaired) electrons. The highest BCUT2D eigenvalue weighted by molar-refractivity contribution is 7.11. The number of piperidine rings is 1. The molecule has 3 rings (SSSR count). The summed E-state index contributed by atoms with van der Waals surface area (Å²) < 4.78 is 5.54. The number of nitrogens with zero attached hydrogens (tertiary/aromatic N) is 2. The van der Waals surface area contributed by atoms with Gasteiger partial charge in [-0.25, -0.2) is 4.79 Å². The van der Waals surface area contributed by atoms with E-state index in [0.29, 0.717) is 31.7 Å². The summed E-state index contributed by atoms with van der Waals surface area (Å²) >= 11 is 1.72. The first-order valence-electron chi connectivity index (χ1n) is 11.4. The van der Waals surface area contributed by atoms with Gasteiger partial charge in [-0.1, -0.05) is 23.8 Å². The molecule has 0 atom stereocenters. The Morgan fingerprint density at radius 2 is 1.59 bits per heavy atom. The van der Waals surface area contributed by atoms with Crippen molar-refractivity contribution in [1.29, 1.82) is 0 Å². The smallest absolute Gasteiger partial charge is 0.410 e. The van der Waals surface area contributed by atoms with Crippen LogP contribution in [0.4, 0.5) is 4.79 Å². The third kappa shape index (κ3) is 5.80. The highest BCUT2D eigenvalue weighted by atomic mass is 32.1. The van der Waals surface area contributed by atoms with Crippen LogP contribution < -0.4 is 0 Å². The van der Waals surface area contributed by atoms with Gasteiger partial charge in [-0.05, 0) is 82.2 Å². The van der Waals surface area contributed by atoms with Gasteiger partial charge in [-0.2, -0.15) is 0 Å². The summed E-state index contributed by atoms with van der Waals surface area (Å²) in [6, 6.07) is 12.2. The van der Waals surface area contributed by atoms with E-state index in [0.717, 1.165) is 18.4 Å². The molecule has 1 saturated heterocycles. The lowest BCUT2D eigenvalue weighted by molar-refractivity contribution is 0.0236. The average Bonchev–Trinajstić information content (AvgIpc) is 3.29. The van der Waals surface area contributed by atoms with E-state index in [-0.39, 0.29) is 12.0 Å². The Bertz CT molecular complexity index is 942. The van der Waals surface area contributed by atoms with Crippen LogP contribution in [0.2, 0.25) is 0 Å². The van der Waals surface area contributed by atoms with E-state index in [2.05, 4.69) is 29.6 Å². The van der Waals surface area contributed by atoms with Crippen molar-refractivity contribution in [2.45, 2.75) is 53.1 Å². The minimum Gasteiger partial charge on any atom is -0.444 e. The lowest BCUT2D eigenvalue weighted by atomic mass is 9.91. The van der Waals surface area contributed by atoms with Gasteiger partial charge in [-0.3, -0.25) is 4.79 Å². The van der Waals surface area contributed by atoms with Crippen LogP contribution in [0.25, 0.3) is 5.57 Å². The van der Waals surface area contributed by atoms with Crippen molar-refractivity contribution in [3.63, 3.8) is 0 Å². The number of likely N-dealkylation sites (tertiary alicyclic amines) is 1. The molecular weight excluding hydrogens is 420 g/mol. The molecule has 2 aromatic rings. The Labute approximate surface area is 195 Å². The number of rotatable bonds is 5. The molecule has 0 bridgehead atoms. The van der Waals surface area contributed by atoms with Crippen molar-refractivity contribution in [3.8, 4) is 0 Å². The molecule has 1 aliphatic heterocycles. The second-order valence-electron chi connectivity index (χ2n) is 8.98. The maximum atomic E-state index is 12.7. The minimum absolute atomic E-state index is 0.0672. The summed E-state index contributed by atoms with van der Waals surface area (Å²) in [5.74, 6) is 0.0672. The van der Waals surface area contributed by atoms with Crippen LogP contribution in [-0.2, 0) is 4.74 Å². The summed E-state index contributed by atoms with van der Waals surface area (Å²) in [5.41, 5.74) is 3.91. The highest BCUT2D eigenvalue weighted by Crippen LogP contribution is 2.35. The number of thiophene rings is 1. The summed E-state index contributed by atoms with van der Waals surface area (Å²) in [7, 11) is 0. The monoisotopic (exact) mass is 454 g/mol. The third-order valence-electron chi connectivity index (χ3n) is 5.61. The summed E-state index contributed by atoms with van der Waals surface area (Å²) in [6.45, 7) is 12.4. The van der Waals surface area contributed by atoms with Gasteiger partial charge in [0, 0.05) is 36.6 Å². The van der Waals surface area contributed by atoms with E-state index in [1.165, 1.54) is 16.0 Å². The Kier molecular flexibility index (Phi) is 7.77. The van der Waals surface area contributed by atoms with Crippen LogP contribution in [0.3, 0.4) is 0 Å². The summed E-state index contributed by atoms with van der Waals surface area (Å²) in [6.07, 6.45) is 1.38. The lowest BCUT2D eigenvalue weighted by Gasteiger charge is -2.32.